The van der Waals surface area contributed by atoms with Crippen LogP contribution >= 0.6 is 11.3 Å². The molecule has 0 fully saturated rings. The number of aromatic nitrogens is 1. The van der Waals surface area contributed by atoms with Crippen molar-refractivity contribution in [3.63, 3.8) is 0 Å². The lowest BCUT2D eigenvalue weighted by Crippen LogP contribution is -2.19. The van der Waals surface area contributed by atoms with E-state index < -0.39 is 0 Å². The van der Waals surface area contributed by atoms with E-state index in [-0.39, 0.29) is 0 Å². The van der Waals surface area contributed by atoms with E-state index in [1.165, 1.54) is 15.4 Å². The summed E-state index contributed by atoms with van der Waals surface area (Å²) < 4.78 is 5.88. The number of nitrogens with one attached hydrogen (secondary N) is 1. The van der Waals surface area contributed by atoms with Crippen molar-refractivity contribution < 1.29 is 4.74 Å². The number of nitrogens with zero attached hydrogens (tertiary/aromatic N) is 1. The Hall–Kier alpha value is -1.39. The van der Waals surface area contributed by atoms with Crippen LogP contribution in [-0.4, -0.2) is 18.1 Å². The van der Waals surface area contributed by atoms with Gasteiger partial charge in [-0.15, -0.1) is 11.3 Å². The van der Waals surface area contributed by atoms with E-state index in [1.807, 2.05) is 23.6 Å². The Bertz CT molecular complexity index is 596. The molecule has 112 valence electrons. The average molecular weight is 302 g/mol. The molecular formula is C17H22N2OS. The maximum atomic E-state index is 5.88. The van der Waals surface area contributed by atoms with Crippen molar-refractivity contribution in [2.24, 2.45) is 0 Å². The van der Waals surface area contributed by atoms with Crippen LogP contribution in [0.5, 0.6) is 5.75 Å². The minimum atomic E-state index is 0.382. The molecule has 4 heteroatoms. The van der Waals surface area contributed by atoms with Gasteiger partial charge in [0.2, 0.25) is 0 Å². The van der Waals surface area contributed by atoms with Crippen LogP contribution in [0.3, 0.4) is 0 Å². The van der Waals surface area contributed by atoms with Crippen LogP contribution < -0.4 is 10.1 Å². The van der Waals surface area contributed by atoms with Crippen molar-refractivity contribution in [1.29, 1.82) is 0 Å². The van der Waals surface area contributed by atoms with Crippen LogP contribution in [-0.2, 0) is 6.42 Å². The van der Waals surface area contributed by atoms with Crippen LogP contribution in [0.4, 0.5) is 0 Å². The second-order valence-electron chi connectivity index (χ2n) is 5.60. The summed E-state index contributed by atoms with van der Waals surface area (Å²) in [5.41, 5.74) is 1.29. The number of fused-ring (bicyclic) bond motifs is 1. The largest absolute Gasteiger partial charge is 0.493 e. The summed E-state index contributed by atoms with van der Waals surface area (Å²) in [6.45, 7) is 6.18. The quantitative estimate of drug-likeness (QED) is 0.909. The van der Waals surface area contributed by atoms with Gasteiger partial charge in [0.15, 0.2) is 0 Å². The van der Waals surface area contributed by atoms with Crippen LogP contribution in [0.2, 0.25) is 0 Å². The third kappa shape index (κ3) is 3.27. The molecule has 1 N–H and O–H groups in total. The molecule has 1 aliphatic heterocycles. The first kappa shape index (κ1) is 14.5. The highest BCUT2D eigenvalue weighted by Gasteiger charge is 2.24. The van der Waals surface area contributed by atoms with Gasteiger partial charge in [0.1, 0.15) is 5.75 Å². The Morgan fingerprint density at radius 2 is 2.29 bits per heavy atom. The molecule has 0 amide bonds. The van der Waals surface area contributed by atoms with Crippen molar-refractivity contribution in [2.75, 3.05) is 13.2 Å². The predicted molar refractivity (Wildman–Crippen MR) is 87.2 cm³/mol. The number of ether oxygens (including phenoxy) is 1. The van der Waals surface area contributed by atoms with E-state index in [0.29, 0.717) is 12.0 Å². The second kappa shape index (κ2) is 6.58. The molecule has 1 aromatic carbocycles. The first-order valence-electron chi connectivity index (χ1n) is 7.67. The lowest BCUT2D eigenvalue weighted by atomic mass is 9.97. The Labute approximate surface area is 130 Å². The van der Waals surface area contributed by atoms with Gasteiger partial charge in [0.05, 0.1) is 11.6 Å². The van der Waals surface area contributed by atoms with Crippen LogP contribution in [0.25, 0.3) is 0 Å². The minimum absolute atomic E-state index is 0.382. The molecule has 2 atom stereocenters. The first-order chi connectivity index (χ1) is 10.3. The molecule has 0 spiro atoms. The fourth-order valence-electron chi connectivity index (χ4n) is 2.64. The Balaban J connectivity index is 1.70. The summed E-state index contributed by atoms with van der Waals surface area (Å²) in [5.74, 6) is 1.42. The molecule has 0 saturated heterocycles. The van der Waals surface area contributed by atoms with Crippen molar-refractivity contribution in [1.82, 2.24) is 10.3 Å². The lowest BCUT2D eigenvalue weighted by Gasteiger charge is -2.23. The van der Waals surface area contributed by atoms with Gasteiger partial charge in [-0.3, -0.25) is 0 Å². The maximum absolute atomic E-state index is 5.88. The summed E-state index contributed by atoms with van der Waals surface area (Å²) in [7, 11) is 0. The van der Waals surface area contributed by atoms with Gasteiger partial charge >= 0.3 is 0 Å². The van der Waals surface area contributed by atoms with E-state index in [2.05, 4.69) is 42.3 Å². The van der Waals surface area contributed by atoms with E-state index in [0.717, 1.165) is 31.7 Å². The summed E-state index contributed by atoms with van der Waals surface area (Å²) in [6.07, 6.45) is 4.21. The van der Waals surface area contributed by atoms with Crippen LogP contribution in [0.15, 0.2) is 30.5 Å². The zero-order chi connectivity index (χ0) is 14.7. The van der Waals surface area contributed by atoms with Crippen LogP contribution in [0.1, 0.15) is 47.7 Å². The van der Waals surface area contributed by atoms with Gasteiger partial charge in [-0.05, 0) is 37.9 Å². The molecule has 0 bridgehead atoms. The SMILES string of the molecule is CCCNC(C)c1cnc(C2COc3ccccc3C2)s1. The second-order valence-corrected chi connectivity index (χ2v) is 6.69. The molecule has 0 radical (unpaired) electrons. The highest BCUT2D eigenvalue weighted by atomic mass is 32.1. The predicted octanol–water partition coefficient (Wildman–Crippen LogP) is 3.92. The standard InChI is InChI=1S/C17H22N2OS/c1-3-8-18-12(2)16-10-19-17(21-16)14-9-13-6-4-5-7-15(13)20-11-14/h4-7,10,12,14,18H,3,8-9,11H2,1-2H3. The van der Waals surface area contributed by atoms with Crippen molar-refractivity contribution in [3.8, 4) is 5.75 Å². The average Bonchev–Trinajstić information content (AvgIpc) is 3.02. The molecule has 3 nitrogen and oxygen atoms in total. The van der Waals surface area contributed by atoms with Crippen molar-refractivity contribution in [2.45, 2.75) is 38.6 Å². The summed E-state index contributed by atoms with van der Waals surface area (Å²) in [4.78, 5) is 5.96. The molecule has 21 heavy (non-hydrogen) atoms. The molecule has 3 rings (SSSR count). The van der Waals surface area contributed by atoms with Crippen LogP contribution in [0, 0.1) is 0 Å². The molecule has 2 heterocycles. The third-order valence-corrected chi connectivity index (χ3v) is 5.24. The van der Waals surface area contributed by atoms with Gasteiger partial charge in [-0.2, -0.15) is 0 Å². The molecule has 2 aromatic rings. The Kier molecular flexibility index (Phi) is 4.56. The Morgan fingerprint density at radius 3 is 3.14 bits per heavy atom. The highest BCUT2D eigenvalue weighted by Crippen LogP contribution is 2.34. The molecule has 2 unspecified atom stereocenters. The number of benzene rings is 1. The highest BCUT2D eigenvalue weighted by molar-refractivity contribution is 7.11. The molecule has 0 saturated carbocycles. The lowest BCUT2D eigenvalue weighted by molar-refractivity contribution is 0.262. The van der Waals surface area contributed by atoms with Gasteiger partial charge in [-0.25, -0.2) is 4.98 Å². The molecule has 1 aliphatic rings. The summed E-state index contributed by atoms with van der Waals surface area (Å²) in [5, 5.41) is 4.72. The summed E-state index contributed by atoms with van der Waals surface area (Å²) in [6, 6.07) is 8.70. The van der Waals surface area contributed by atoms with Gasteiger partial charge < -0.3 is 10.1 Å². The van der Waals surface area contributed by atoms with Gasteiger partial charge in [0.25, 0.3) is 0 Å². The van der Waals surface area contributed by atoms with E-state index in [9.17, 15) is 0 Å². The number of para-hydroxylation sites is 1. The minimum Gasteiger partial charge on any atom is -0.493 e. The van der Waals surface area contributed by atoms with E-state index in [4.69, 9.17) is 4.74 Å². The summed E-state index contributed by atoms with van der Waals surface area (Å²) >= 11 is 1.82. The number of hydrogen-bond donors (Lipinski definition) is 1. The van der Waals surface area contributed by atoms with Gasteiger partial charge in [0, 0.05) is 23.0 Å². The van der Waals surface area contributed by atoms with Crippen molar-refractivity contribution in [3.05, 3.63) is 45.9 Å². The van der Waals surface area contributed by atoms with E-state index >= 15 is 0 Å². The van der Waals surface area contributed by atoms with Gasteiger partial charge in [-0.1, -0.05) is 25.1 Å². The molecule has 1 aromatic heterocycles. The molecular weight excluding hydrogens is 280 g/mol. The Morgan fingerprint density at radius 1 is 1.43 bits per heavy atom. The van der Waals surface area contributed by atoms with E-state index in [1.54, 1.807) is 0 Å². The zero-order valence-corrected chi connectivity index (χ0v) is 13.5. The third-order valence-electron chi connectivity index (χ3n) is 3.90. The fraction of sp³-hybridized carbons (Fsp3) is 0.471. The maximum Gasteiger partial charge on any atom is 0.122 e. The first-order valence-corrected chi connectivity index (χ1v) is 8.49. The number of thiazole rings is 1. The topological polar surface area (TPSA) is 34.2 Å². The number of rotatable bonds is 5. The normalized spacial score (nSPS) is 18.9. The monoisotopic (exact) mass is 302 g/mol. The zero-order valence-electron chi connectivity index (χ0n) is 12.6. The van der Waals surface area contributed by atoms with Crippen molar-refractivity contribution >= 4 is 11.3 Å². The molecule has 0 aliphatic carbocycles. The smallest absolute Gasteiger partial charge is 0.122 e. The fourth-order valence-corrected chi connectivity index (χ4v) is 3.67. The number of hydrogen-bond acceptors (Lipinski definition) is 4.